The number of aromatic nitrogens is 4. The number of nitrogens with zero attached hydrogens (tertiary/aromatic N) is 4. The normalized spacial score (nSPS) is 12.3. The molecule has 0 unspecified atom stereocenters. The number of benzene rings is 10. The zero-order valence-corrected chi connectivity index (χ0v) is 40.1. The van der Waals surface area contributed by atoms with E-state index >= 15 is 0 Å². The van der Waals surface area contributed by atoms with Crippen LogP contribution in [-0.4, -0.2) is 19.5 Å². The lowest BCUT2D eigenvalue weighted by molar-refractivity contribution is 1.04. The fourth-order valence-electron chi connectivity index (χ4n) is 10.6. The largest absolute Gasteiger partial charge is 0.307 e. The number of hydrogen-bond acceptors (Lipinski definition) is 3. The van der Waals surface area contributed by atoms with Crippen molar-refractivity contribution in [2.75, 3.05) is 0 Å². The smallest absolute Gasteiger partial charge is 0.164 e. The Labute approximate surface area is 425 Å². The highest BCUT2D eigenvalue weighted by Gasteiger charge is 2.26. The van der Waals surface area contributed by atoms with Crippen molar-refractivity contribution in [3.8, 4) is 95.5 Å². The Balaban J connectivity index is 1.18. The van der Waals surface area contributed by atoms with Gasteiger partial charge in [0.15, 0.2) is 17.5 Å². The number of allylic oxidation sites excluding steroid dienone is 4. The molecule has 10 aromatic carbocycles. The van der Waals surface area contributed by atoms with Crippen LogP contribution in [0.25, 0.3) is 123 Å². The summed E-state index contributed by atoms with van der Waals surface area (Å²) in [5.41, 5.74) is 19.7. The summed E-state index contributed by atoms with van der Waals surface area (Å²) in [4.78, 5) is 15.8. The van der Waals surface area contributed by atoms with E-state index < -0.39 is 0 Å². The SMILES string of the molecule is C1=CC(c2ccc(-c3cc(-c4nc(-c5ccccc5)nc(-c5ccccc5)n4)cc(-c4ccc(-c5ccccc5)cc4)c3-n3c4c(-c5ccccc5)cccc4c4cccc(-c5ccccc5)c43)cc2)=CCC1. The van der Waals surface area contributed by atoms with E-state index in [2.05, 4.69) is 235 Å². The lowest BCUT2D eigenvalue weighted by atomic mass is 9.90. The van der Waals surface area contributed by atoms with Crippen LogP contribution in [0.1, 0.15) is 18.4 Å². The van der Waals surface area contributed by atoms with Gasteiger partial charge >= 0.3 is 0 Å². The average molecular weight is 933 g/mol. The van der Waals surface area contributed by atoms with Crippen molar-refractivity contribution in [1.82, 2.24) is 19.5 Å². The number of hydrogen-bond donors (Lipinski definition) is 0. The lowest BCUT2D eigenvalue weighted by Crippen LogP contribution is -2.05. The van der Waals surface area contributed by atoms with E-state index in [0.717, 1.165) is 96.3 Å². The molecule has 2 aromatic heterocycles. The molecule has 73 heavy (non-hydrogen) atoms. The molecule has 2 heterocycles. The van der Waals surface area contributed by atoms with E-state index in [4.69, 9.17) is 15.0 Å². The summed E-state index contributed by atoms with van der Waals surface area (Å²) in [6, 6.07) is 89.1. The van der Waals surface area contributed by atoms with Gasteiger partial charge in [0.1, 0.15) is 0 Å². The maximum Gasteiger partial charge on any atom is 0.164 e. The Morgan fingerprint density at radius 1 is 0.288 bits per heavy atom. The van der Waals surface area contributed by atoms with E-state index in [9.17, 15) is 0 Å². The van der Waals surface area contributed by atoms with Crippen LogP contribution in [0.3, 0.4) is 0 Å². The van der Waals surface area contributed by atoms with Crippen molar-refractivity contribution in [2.24, 2.45) is 0 Å². The van der Waals surface area contributed by atoms with Gasteiger partial charge < -0.3 is 4.57 Å². The van der Waals surface area contributed by atoms with Gasteiger partial charge in [-0.1, -0.05) is 255 Å². The standard InChI is InChI=1S/C69H48N4/c1-7-21-47(22-8-1)49-37-41-53(42-38-49)62-45-57(69-71-67(55-29-15-5-16-30-55)70-68(72-69)56-31-17-6-18-32-56)46-63(54-43-39-50(40-44-54)48-23-9-2-10-24-48)66(62)73-64-58(51-25-11-3-12-26-51)33-19-35-60(64)61-36-20-34-59(65(61)73)52-27-13-4-14-28-52/h1,3-9,11-46H,2,10H2. The molecule has 1 aliphatic carbocycles. The van der Waals surface area contributed by atoms with Gasteiger partial charge in [-0.25, -0.2) is 15.0 Å². The predicted molar refractivity (Wildman–Crippen MR) is 304 cm³/mol. The highest BCUT2D eigenvalue weighted by molar-refractivity contribution is 6.18. The van der Waals surface area contributed by atoms with Gasteiger partial charge in [-0.2, -0.15) is 0 Å². The molecular formula is C69H48N4. The van der Waals surface area contributed by atoms with Crippen molar-refractivity contribution in [2.45, 2.75) is 12.8 Å². The summed E-state index contributed by atoms with van der Waals surface area (Å²) in [6.45, 7) is 0. The molecule has 344 valence electrons. The molecule has 4 nitrogen and oxygen atoms in total. The Bertz CT molecular complexity index is 3860. The molecule has 0 aliphatic heterocycles. The summed E-state index contributed by atoms with van der Waals surface area (Å²) in [7, 11) is 0. The van der Waals surface area contributed by atoms with Crippen molar-refractivity contribution in [3.63, 3.8) is 0 Å². The zero-order chi connectivity index (χ0) is 48.5. The van der Waals surface area contributed by atoms with Gasteiger partial charge in [0, 0.05) is 49.7 Å². The second-order valence-corrected chi connectivity index (χ2v) is 18.6. The third-order valence-electron chi connectivity index (χ3n) is 14.1. The first kappa shape index (κ1) is 43.5. The molecule has 0 bridgehead atoms. The summed E-state index contributed by atoms with van der Waals surface area (Å²) >= 11 is 0. The topological polar surface area (TPSA) is 43.6 Å². The highest BCUT2D eigenvalue weighted by Crippen LogP contribution is 2.48. The first-order valence-electron chi connectivity index (χ1n) is 25.1. The van der Waals surface area contributed by atoms with Crippen LogP contribution in [0.5, 0.6) is 0 Å². The van der Waals surface area contributed by atoms with E-state index in [1.807, 2.05) is 36.4 Å². The minimum atomic E-state index is 0.592. The van der Waals surface area contributed by atoms with Gasteiger partial charge in [0.05, 0.1) is 16.7 Å². The summed E-state index contributed by atoms with van der Waals surface area (Å²) in [5, 5.41) is 2.36. The summed E-state index contributed by atoms with van der Waals surface area (Å²) in [5.74, 6) is 1.82. The third kappa shape index (κ3) is 8.25. The molecule has 1 aliphatic rings. The van der Waals surface area contributed by atoms with Crippen LogP contribution in [0.15, 0.2) is 267 Å². The molecule has 0 atom stereocenters. The van der Waals surface area contributed by atoms with Crippen molar-refractivity contribution >= 4 is 27.4 Å². The predicted octanol–water partition coefficient (Wildman–Crippen LogP) is 18.0. The van der Waals surface area contributed by atoms with E-state index in [1.165, 1.54) is 27.5 Å². The second kappa shape index (κ2) is 19.0. The van der Waals surface area contributed by atoms with Gasteiger partial charge in [0.25, 0.3) is 0 Å². The zero-order valence-electron chi connectivity index (χ0n) is 40.1. The Morgan fingerprint density at radius 3 is 1.10 bits per heavy atom. The van der Waals surface area contributed by atoms with Crippen LogP contribution < -0.4 is 0 Å². The molecule has 4 heteroatoms. The fraction of sp³-hybridized carbons (Fsp3) is 0.0290. The lowest BCUT2D eigenvalue weighted by Gasteiger charge is -2.23. The minimum Gasteiger partial charge on any atom is -0.307 e. The summed E-state index contributed by atoms with van der Waals surface area (Å²) in [6.07, 6.45) is 8.98. The fourth-order valence-corrected chi connectivity index (χ4v) is 10.6. The Morgan fingerprint density at radius 2 is 0.658 bits per heavy atom. The van der Waals surface area contributed by atoms with Crippen molar-refractivity contribution < 1.29 is 0 Å². The minimum absolute atomic E-state index is 0.592. The molecule has 0 saturated carbocycles. The van der Waals surface area contributed by atoms with E-state index in [0.29, 0.717) is 17.5 Å². The first-order chi connectivity index (χ1) is 36.2. The Kier molecular flexibility index (Phi) is 11.3. The molecular weight excluding hydrogens is 885 g/mol. The van der Waals surface area contributed by atoms with Gasteiger partial charge in [-0.15, -0.1) is 0 Å². The van der Waals surface area contributed by atoms with Crippen molar-refractivity contribution in [1.29, 1.82) is 0 Å². The molecule has 0 N–H and O–H groups in total. The van der Waals surface area contributed by atoms with Gasteiger partial charge in [-0.3, -0.25) is 0 Å². The average Bonchev–Trinajstić information content (AvgIpc) is 3.83. The summed E-state index contributed by atoms with van der Waals surface area (Å²) < 4.78 is 2.58. The highest BCUT2D eigenvalue weighted by atomic mass is 15.0. The monoisotopic (exact) mass is 932 g/mol. The molecule has 0 fully saturated rings. The van der Waals surface area contributed by atoms with Gasteiger partial charge in [-0.05, 0) is 69.5 Å². The van der Waals surface area contributed by atoms with Gasteiger partial charge in [0.2, 0.25) is 0 Å². The molecule has 13 rings (SSSR count). The van der Waals surface area contributed by atoms with Crippen LogP contribution in [0.2, 0.25) is 0 Å². The second-order valence-electron chi connectivity index (χ2n) is 18.6. The third-order valence-corrected chi connectivity index (χ3v) is 14.1. The molecule has 0 spiro atoms. The number of rotatable bonds is 10. The molecule has 0 amide bonds. The maximum atomic E-state index is 5.35. The van der Waals surface area contributed by atoms with Crippen molar-refractivity contribution in [3.05, 3.63) is 273 Å². The van der Waals surface area contributed by atoms with E-state index in [-0.39, 0.29) is 0 Å². The Hall–Kier alpha value is -9.51. The quantitative estimate of drug-likeness (QED) is 0.137. The van der Waals surface area contributed by atoms with Crippen LogP contribution in [0.4, 0.5) is 0 Å². The molecule has 0 radical (unpaired) electrons. The van der Waals surface area contributed by atoms with Crippen LogP contribution in [0, 0.1) is 0 Å². The first-order valence-corrected chi connectivity index (χ1v) is 25.1. The molecule has 0 saturated heterocycles. The van der Waals surface area contributed by atoms with Crippen LogP contribution >= 0.6 is 0 Å². The number of fused-ring (bicyclic) bond motifs is 3. The van der Waals surface area contributed by atoms with Crippen LogP contribution in [-0.2, 0) is 0 Å². The maximum absolute atomic E-state index is 5.35. The van der Waals surface area contributed by atoms with E-state index in [1.54, 1.807) is 0 Å². The number of para-hydroxylation sites is 2. The molecule has 12 aromatic rings.